The smallest absolute Gasteiger partial charge is 0.355 e. The average Bonchev–Trinajstić information content (AvgIpc) is 3.97. The molecule has 3 heterocycles. The van der Waals surface area contributed by atoms with Crippen molar-refractivity contribution in [2.45, 2.75) is 136 Å². The number of anilines is 2. The zero-order chi connectivity index (χ0) is 55.5. The summed E-state index contributed by atoms with van der Waals surface area (Å²) in [6, 6.07) is 17.1. The lowest BCUT2D eigenvalue weighted by atomic mass is 9.39. The number of amides is 2. The van der Waals surface area contributed by atoms with Crippen molar-refractivity contribution in [2.75, 3.05) is 69.9 Å². The summed E-state index contributed by atoms with van der Waals surface area (Å²) < 4.78 is 19.7. The number of hydrogen-bond acceptors (Lipinski definition) is 14. The van der Waals surface area contributed by atoms with E-state index in [1.54, 1.807) is 11.0 Å². The number of nitrogens with two attached hydrogens (primary N) is 1. The Balaban J connectivity index is 0.789. The standard InChI is InChI=1S/C61H79N7O9S/c1-42(69)21-22-45(70)16-10-8-6-7-9-11-20-53(71)67(5)27-28-75-29-30-76-31-32-77-61-38-58(3)35-59(4,39-61)37-60(36-58,40-61)41-63-43(2)48(33-62)46-23-24-52(65-54(46)56(73)74)68-26-25-44-15-14-17-47(49(44)34-68)55(72)66-57-64-50-18-12-13-19-51(50)78-57/h12-15,17-19,21-24,33H,6-11,16,20,25-32,34-41,62H2,1-5H3,(H,73,74)(H,64,66,72)/b22-21-,48-33?,63-43?. The molecule has 1 aliphatic heterocycles. The van der Waals surface area contributed by atoms with E-state index in [1.807, 2.05) is 67.4 Å². The third-order valence-electron chi connectivity index (χ3n) is 16.2. The first-order chi connectivity index (χ1) is 37.4. The van der Waals surface area contributed by atoms with Crippen molar-refractivity contribution < 1.29 is 43.3 Å². The van der Waals surface area contributed by atoms with Gasteiger partial charge in [0.05, 0.1) is 48.9 Å². The first kappa shape index (κ1) is 58.0. The van der Waals surface area contributed by atoms with Gasteiger partial charge in [0.2, 0.25) is 5.91 Å². The van der Waals surface area contributed by atoms with Crippen LogP contribution in [0.15, 0.2) is 77.9 Å². The number of carboxylic acids is 1. The number of para-hydroxylation sites is 1. The van der Waals surface area contributed by atoms with Crippen molar-refractivity contribution in [3.63, 3.8) is 0 Å². The number of likely N-dealkylation sites (N-methyl/N-ethyl adjacent to an activating group) is 1. The van der Waals surface area contributed by atoms with E-state index in [1.165, 1.54) is 36.6 Å². The number of benzene rings is 2. The molecule has 5 aliphatic rings. The predicted molar refractivity (Wildman–Crippen MR) is 306 cm³/mol. The minimum atomic E-state index is -1.17. The lowest BCUT2D eigenvalue weighted by Crippen LogP contribution is -2.64. The van der Waals surface area contributed by atoms with Gasteiger partial charge < -0.3 is 34.9 Å². The van der Waals surface area contributed by atoms with Gasteiger partial charge in [-0.2, -0.15) is 0 Å². The topological polar surface area (TPSA) is 216 Å². The van der Waals surface area contributed by atoms with Gasteiger partial charge in [-0.15, -0.1) is 0 Å². The Kier molecular flexibility index (Phi) is 19.2. The molecule has 2 unspecified atom stereocenters. The summed E-state index contributed by atoms with van der Waals surface area (Å²) in [6.45, 7) is 12.4. The van der Waals surface area contributed by atoms with Crippen LogP contribution < -0.4 is 16.0 Å². The summed E-state index contributed by atoms with van der Waals surface area (Å²) in [6.07, 6.45) is 17.5. The van der Waals surface area contributed by atoms with Crippen LogP contribution in [0.25, 0.3) is 15.8 Å². The van der Waals surface area contributed by atoms with Crippen molar-refractivity contribution in [2.24, 2.45) is 27.0 Å². The number of pyridine rings is 1. The van der Waals surface area contributed by atoms with Crippen molar-refractivity contribution in [1.82, 2.24) is 14.9 Å². The van der Waals surface area contributed by atoms with Crippen LogP contribution in [0, 0.1) is 16.2 Å². The molecule has 2 amide bonds. The normalized spacial score (nSPS) is 22.8. The number of aliphatic imine (C=N–C) groups is 1. The number of aromatic carboxylic acids is 1. The first-order valence-corrected chi connectivity index (χ1v) is 28.7. The summed E-state index contributed by atoms with van der Waals surface area (Å²) in [5.74, 6) is -0.934. The van der Waals surface area contributed by atoms with E-state index in [0.717, 1.165) is 98.4 Å². The molecule has 0 radical (unpaired) electrons. The van der Waals surface area contributed by atoms with Gasteiger partial charge in [-0.05, 0) is 141 Å². The summed E-state index contributed by atoms with van der Waals surface area (Å²) in [4.78, 5) is 80.4. The number of fused-ring (bicyclic) bond motifs is 2. The van der Waals surface area contributed by atoms with Gasteiger partial charge in [0, 0.05) is 74.7 Å². The highest BCUT2D eigenvalue weighted by Gasteiger charge is 2.66. The van der Waals surface area contributed by atoms with Gasteiger partial charge in [-0.25, -0.2) is 14.8 Å². The predicted octanol–water partition coefficient (Wildman–Crippen LogP) is 10.4. The van der Waals surface area contributed by atoms with Crippen LogP contribution in [0.2, 0.25) is 0 Å². The molecule has 4 N–H and O–H groups in total. The summed E-state index contributed by atoms with van der Waals surface area (Å²) >= 11 is 1.43. The zero-order valence-electron chi connectivity index (χ0n) is 46.3. The second-order valence-electron chi connectivity index (χ2n) is 23.2. The summed E-state index contributed by atoms with van der Waals surface area (Å²) in [5, 5.41) is 14.1. The van der Waals surface area contributed by atoms with Crippen molar-refractivity contribution >= 4 is 73.1 Å². The molecule has 4 aromatic rings. The number of carboxylic acid groups (broad SMARTS) is 1. The van der Waals surface area contributed by atoms with Gasteiger partial charge >= 0.3 is 5.97 Å². The Morgan fingerprint density at radius 1 is 0.808 bits per heavy atom. The quantitative estimate of drug-likeness (QED) is 0.0262. The fraction of sp³-hybridized carbons (Fsp3) is 0.541. The number of aromatic nitrogens is 2. The van der Waals surface area contributed by atoms with Crippen molar-refractivity contribution in [3.05, 3.63) is 101 Å². The van der Waals surface area contributed by atoms with E-state index in [4.69, 9.17) is 29.9 Å². The summed E-state index contributed by atoms with van der Waals surface area (Å²) in [7, 11) is 1.81. The first-order valence-electron chi connectivity index (χ1n) is 27.9. The van der Waals surface area contributed by atoms with Crippen LogP contribution in [0.5, 0.6) is 0 Å². The number of nitrogens with one attached hydrogen (secondary N) is 1. The Hall–Kier alpha value is -6.14. The molecule has 2 aromatic heterocycles. The monoisotopic (exact) mass is 1090 g/mol. The van der Waals surface area contributed by atoms with E-state index in [0.29, 0.717) is 112 Å². The van der Waals surface area contributed by atoms with Gasteiger partial charge in [0.15, 0.2) is 22.4 Å². The molecule has 0 saturated heterocycles. The van der Waals surface area contributed by atoms with Crippen LogP contribution >= 0.6 is 11.3 Å². The number of carbonyl (C=O) groups is 5. The van der Waals surface area contributed by atoms with Crippen LogP contribution in [0.3, 0.4) is 0 Å². The second kappa shape index (κ2) is 25.8. The number of rotatable bonds is 29. The third kappa shape index (κ3) is 14.7. The lowest BCUT2D eigenvalue weighted by molar-refractivity contribution is -0.244. The van der Waals surface area contributed by atoms with Gasteiger partial charge in [0.1, 0.15) is 5.82 Å². The Morgan fingerprint density at radius 2 is 1.51 bits per heavy atom. The fourth-order valence-corrected chi connectivity index (χ4v) is 14.6. The molecule has 2 aromatic carbocycles. The van der Waals surface area contributed by atoms with Gasteiger partial charge in [0.25, 0.3) is 5.91 Å². The molecule has 17 heteroatoms. The van der Waals surface area contributed by atoms with Crippen LogP contribution in [-0.4, -0.2) is 120 Å². The van der Waals surface area contributed by atoms with Crippen LogP contribution in [0.4, 0.5) is 10.9 Å². The van der Waals surface area contributed by atoms with E-state index in [-0.39, 0.29) is 50.9 Å². The molecule has 9 rings (SSSR count). The number of unbranched alkanes of at least 4 members (excludes halogenated alkanes) is 5. The molecule has 4 aliphatic carbocycles. The number of ketones is 2. The molecule has 418 valence electrons. The minimum absolute atomic E-state index is 0.00931. The number of carbonyl (C=O) groups excluding carboxylic acids is 4. The minimum Gasteiger partial charge on any atom is -0.476 e. The van der Waals surface area contributed by atoms with Gasteiger partial charge in [-0.1, -0.05) is 75.1 Å². The van der Waals surface area contributed by atoms with Gasteiger partial charge in [-0.3, -0.25) is 29.5 Å². The highest BCUT2D eigenvalue weighted by molar-refractivity contribution is 7.22. The number of nitrogens with zero attached hydrogens (tertiary/aromatic N) is 5. The molecule has 4 saturated carbocycles. The van der Waals surface area contributed by atoms with E-state index in [2.05, 4.69) is 24.1 Å². The Bertz CT molecular complexity index is 2880. The van der Waals surface area contributed by atoms with E-state index in [9.17, 15) is 29.1 Å². The molecule has 2 atom stereocenters. The Labute approximate surface area is 463 Å². The largest absolute Gasteiger partial charge is 0.476 e. The second-order valence-corrected chi connectivity index (χ2v) is 24.2. The fourth-order valence-electron chi connectivity index (χ4n) is 13.7. The SMILES string of the molecule is CC(=O)/C=C\C(=O)CCCCCCCCC(=O)N(C)CCOCCOCCOC12CC3(C)CC(C)(CC(CN=C(C)C(=CN)c4ccc(N5CCc6cccc(C(=O)Nc7nc8ccccc8s7)c6C5)nc4C(=O)O)(C3)C1)C2. The summed E-state index contributed by atoms with van der Waals surface area (Å²) in [5.41, 5.74) is 10.9. The Morgan fingerprint density at radius 3 is 2.23 bits per heavy atom. The number of hydrogen-bond donors (Lipinski definition) is 3. The number of thiazole rings is 1. The highest BCUT2D eigenvalue weighted by atomic mass is 32.1. The molecule has 0 spiro atoms. The maximum atomic E-state index is 13.7. The van der Waals surface area contributed by atoms with E-state index >= 15 is 0 Å². The highest BCUT2D eigenvalue weighted by Crippen LogP contribution is 2.71. The molecular formula is C61H79N7O9S. The van der Waals surface area contributed by atoms with Crippen LogP contribution in [0.1, 0.15) is 155 Å². The maximum absolute atomic E-state index is 13.7. The molecule has 16 nitrogen and oxygen atoms in total. The molecule has 4 bridgehead atoms. The maximum Gasteiger partial charge on any atom is 0.355 e. The number of allylic oxidation sites excluding steroid dienone is 3. The molecule has 78 heavy (non-hydrogen) atoms. The molecular weight excluding hydrogens is 1010 g/mol. The number of ether oxygens (including phenoxy) is 3. The van der Waals surface area contributed by atoms with Crippen molar-refractivity contribution in [1.29, 1.82) is 0 Å². The third-order valence-corrected chi connectivity index (χ3v) is 17.1. The van der Waals surface area contributed by atoms with Crippen molar-refractivity contribution in [3.8, 4) is 0 Å². The zero-order valence-corrected chi connectivity index (χ0v) is 47.2. The average molecular weight is 1090 g/mol. The van der Waals surface area contributed by atoms with E-state index < -0.39 is 5.97 Å². The lowest BCUT2D eigenvalue weighted by Gasteiger charge is -2.69. The molecule has 4 fully saturated rings. The van der Waals surface area contributed by atoms with Crippen LogP contribution in [-0.2, 0) is 41.6 Å².